The monoisotopic (exact) mass is 346 g/mol. The number of fused-ring (bicyclic) bond motifs is 1. The van der Waals surface area contributed by atoms with E-state index in [-0.39, 0.29) is 17.3 Å². The van der Waals surface area contributed by atoms with Gasteiger partial charge in [0.2, 0.25) is 10.0 Å². The molecule has 0 fully saturated rings. The molecule has 0 amide bonds. The number of hydrogen-bond acceptors (Lipinski definition) is 4. The summed E-state index contributed by atoms with van der Waals surface area (Å²) < 4.78 is 28.5. The van der Waals surface area contributed by atoms with Crippen molar-refractivity contribution in [3.05, 3.63) is 40.9 Å². The number of halogens is 2. The van der Waals surface area contributed by atoms with Crippen LogP contribution in [0.5, 0.6) is 0 Å². The Hall–Kier alpha value is -1.15. The van der Waals surface area contributed by atoms with Gasteiger partial charge in [-0.1, -0.05) is 17.7 Å². The number of alkyl halides is 1. The van der Waals surface area contributed by atoms with Crippen LogP contribution < -0.4 is 0 Å². The largest absolute Gasteiger partial charge is 0.315 e. The Bertz CT molecular complexity index is 775. The predicted molar refractivity (Wildman–Crippen MR) is 78.6 cm³/mol. The second-order valence-electron chi connectivity index (χ2n) is 4.67. The van der Waals surface area contributed by atoms with Gasteiger partial charge in [-0.25, -0.2) is 8.42 Å². The molecule has 0 aliphatic carbocycles. The van der Waals surface area contributed by atoms with E-state index >= 15 is 0 Å². The third-order valence-electron chi connectivity index (χ3n) is 3.41. The Labute approximate surface area is 132 Å². The molecule has 2 heterocycles. The quantitative estimate of drug-likeness (QED) is 0.795. The molecule has 1 aromatic heterocycles. The van der Waals surface area contributed by atoms with Crippen LogP contribution in [0.3, 0.4) is 0 Å². The molecule has 1 aliphatic heterocycles. The van der Waals surface area contributed by atoms with Gasteiger partial charge in [0.15, 0.2) is 0 Å². The molecular weight excluding hydrogens is 335 g/mol. The Kier molecular flexibility index (Phi) is 3.92. The van der Waals surface area contributed by atoms with Gasteiger partial charge in [-0.2, -0.15) is 4.31 Å². The third-order valence-corrected chi connectivity index (χ3v) is 5.89. The number of aromatic nitrogens is 3. The highest BCUT2D eigenvalue weighted by Crippen LogP contribution is 2.26. The van der Waals surface area contributed by atoms with E-state index < -0.39 is 10.0 Å². The average molecular weight is 347 g/mol. The average Bonchev–Trinajstić information content (AvgIpc) is 2.94. The maximum atomic E-state index is 12.6. The van der Waals surface area contributed by atoms with Gasteiger partial charge in [0, 0.05) is 24.0 Å². The van der Waals surface area contributed by atoms with Crippen LogP contribution in [0, 0.1) is 0 Å². The first-order valence-corrected chi connectivity index (χ1v) is 8.59. The molecule has 0 saturated heterocycles. The Balaban J connectivity index is 1.93. The van der Waals surface area contributed by atoms with E-state index in [2.05, 4.69) is 10.2 Å². The van der Waals surface area contributed by atoms with E-state index in [9.17, 15) is 8.42 Å². The van der Waals surface area contributed by atoms with Crippen molar-refractivity contribution >= 4 is 33.2 Å². The lowest BCUT2D eigenvalue weighted by molar-refractivity contribution is 0.335. The van der Waals surface area contributed by atoms with Gasteiger partial charge >= 0.3 is 0 Å². The fourth-order valence-electron chi connectivity index (χ4n) is 2.20. The summed E-state index contributed by atoms with van der Waals surface area (Å²) in [4.78, 5) is 0.161. The molecule has 9 heteroatoms. The molecule has 112 valence electrons. The topological polar surface area (TPSA) is 68.1 Å². The van der Waals surface area contributed by atoms with Crippen LogP contribution in [0.15, 0.2) is 29.4 Å². The molecule has 2 aromatic rings. The lowest BCUT2D eigenvalue weighted by atomic mass is 10.2. The zero-order valence-corrected chi connectivity index (χ0v) is 13.2. The van der Waals surface area contributed by atoms with E-state index in [1.807, 2.05) is 4.57 Å². The summed E-state index contributed by atoms with van der Waals surface area (Å²) in [7, 11) is -3.61. The van der Waals surface area contributed by atoms with E-state index in [1.54, 1.807) is 12.4 Å². The molecule has 0 bridgehead atoms. The molecule has 1 aliphatic rings. The minimum atomic E-state index is -3.61. The van der Waals surface area contributed by atoms with E-state index in [4.69, 9.17) is 23.2 Å². The second kappa shape index (κ2) is 5.57. The second-order valence-corrected chi connectivity index (χ2v) is 7.28. The zero-order chi connectivity index (χ0) is 15.0. The lowest BCUT2D eigenvalue weighted by Crippen LogP contribution is -2.38. The number of sulfonamides is 1. The molecule has 21 heavy (non-hydrogen) atoms. The summed E-state index contributed by atoms with van der Waals surface area (Å²) in [5.41, 5.74) is 0.704. The van der Waals surface area contributed by atoms with Gasteiger partial charge in [0.1, 0.15) is 12.2 Å². The lowest BCUT2D eigenvalue weighted by Gasteiger charge is -2.26. The van der Waals surface area contributed by atoms with Crippen LogP contribution in [-0.4, -0.2) is 34.0 Å². The fraction of sp³-hybridized carbons (Fsp3) is 0.333. The first-order chi connectivity index (χ1) is 10.0. The van der Waals surface area contributed by atoms with E-state index in [0.717, 1.165) is 0 Å². The smallest absolute Gasteiger partial charge is 0.243 e. The van der Waals surface area contributed by atoms with E-state index in [1.165, 1.54) is 16.4 Å². The SMILES string of the molecule is O=S(=O)(c1ccc(CCl)c(Cl)c1)N1CCn2cnnc2C1. The van der Waals surface area contributed by atoms with Crippen LogP contribution >= 0.6 is 23.2 Å². The predicted octanol–water partition coefficient (Wildman–Crippen LogP) is 1.87. The number of nitrogens with zero attached hydrogens (tertiary/aromatic N) is 4. The van der Waals surface area contributed by atoms with Crippen molar-refractivity contribution in [3.63, 3.8) is 0 Å². The summed E-state index contributed by atoms with van der Waals surface area (Å²) in [6.07, 6.45) is 1.60. The molecule has 3 rings (SSSR count). The minimum absolute atomic E-state index is 0.161. The summed E-state index contributed by atoms with van der Waals surface area (Å²) in [5.74, 6) is 0.875. The van der Waals surface area contributed by atoms with Gasteiger partial charge in [-0.05, 0) is 17.7 Å². The van der Waals surface area contributed by atoms with Crippen LogP contribution in [0.2, 0.25) is 5.02 Å². The first-order valence-electron chi connectivity index (χ1n) is 6.23. The summed E-state index contributed by atoms with van der Waals surface area (Å²) in [6.45, 7) is 1.12. The number of hydrogen-bond donors (Lipinski definition) is 0. The van der Waals surface area contributed by atoms with Gasteiger partial charge in [-0.15, -0.1) is 21.8 Å². The van der Waals surface area contributed by atoms with E-state index in [0.29, 0.717) is 29.5 Å². The van der Waals surface area contributed by atoms with Crippen LogP contribution in [0.4, 0.5) is 0 Å². The fourth-order valence-corrected chi connectivity index (χ4v) is 4.22. The molecular formula is C12H12Cl2N4O2S. The van der Waals surface area contributed by atoms with Crippen molar-refractivity contribution in [2.75, 3.05) is 6.54 Å². The highest BCUT2D eigenvalue weighted by molar-refractivity contribution is 7.89. The summed E-state index contributed by atoms with van der Waals surface area (Å²) in [6, 6.07) is 4.60. The molecule has 0 radical (unpaired) electrons. The molecule has 6 nitrogen and oxygen atoms in total. The highest BCUT2D eigenvalue weighted by Gasteiger charge is 2.29. The van der Waals surface area contributed by atoms with Crippen molar-refractivity contribution in [2.24, 2.45) is 0 Å². The molecule has 0 spiro atoms. The number of rotatable bonds is 3. The van der Waals surface area contributed by atoms with Crippen LogP contribution in [0.25, 0.3) is 0 Å². The van der Waals surface area contributed by atoms with Gasteiger partial charge in [-0.3, -0.25) is 0 Å². The van der Waals surface area contributed by atoms with Crippen molar-refractivity contribution in [1.82, 2.24) is 19.1 Å². The zero-order valence-electron chi connectivity index (χ0n) is 10.9. The molecule has 0 N–H and O–H groups in total. The van der Waals surface area contributed by atoms with Gasteiger partial charge in [0.05, 0.1) is 11.4 Å². The van der Waals surface area contributed by atoms with Gasteiger partial charge in [0.25, 0.3) is 0 Å². The Morgan fingerprint density at radius 2 is 2.10 bits per heavy atom. The molecule has 0 saturated carbocycles. The van der Waals surface area contributed by atoms with Crippen LogP contribution in [-0.2, 0) is 29.0 Å². The normalized spacial score (nSPS) is 15.9. The van der Waals surface area contributed by atoms with Gasteiger partial charge < -0.3 is 4.57 Å². The van der Waals surface area contributed by atoms with Crippen molar-refractivity contribution in [1.29, 1.82) is 0 Å². The highest BCUT2D eigenvalue weighted by atomic mass is 35.5. The van der Waals surface area contributed by atoms with Crippen molar-refractivity contribution in [2.45, 2.75) is 23.9 Å². The van der Waals surface area contributed by atoms with Crippen LogP contribution in [0.1, 0.15) is 11.4 Å². The molecule has 1 aromatic carbocycles. The Morgan fingerprint density at radius 3 is 2.81 bits per heavy atom. The maximum absolute atomic E-state index is 12.6. The molecule has 0 unspecified atom stereocenters. The number of benzene rings is 1. The standard InChI is InChI=1S/C12H12Cl2N4O2S/c13-6-9-1-2-10(5-11(9)14)21(19,20)18-4-3-17-8-15-16-12(17)7-18/h1-2,5,8H,3-4,6-7H2. The third kappa shape index (κ3) is 2.66. The van der Waals surface area contributed by atoms with Crippen molar-refractivity contribution in [3.8, 4) is 0 Å². The molecule has 0 atom stereocenters. The Morgan fingerprint density at radius 1 is 1.29 bits per heavy atom. The summed E-state index contributed by atoms with van der Waals surface area (Å²) >= 11 is 11.8. The minimum Gasteiger partial charge on any atom is -0.315 e. The maximum Gasteiger partial charge on any atom is 0.243 e. The first kappa shape index (κ1) is 14.8. The van der Waals surface area contributed by atoms with Crippen molar-refractivity contribution < 1.29 is 8.42 Å². The summed E-state index contributed by atoms with van der Waals surface area (Å²) in [5, 5.41) is 8.06.